The van der Waals surface area contributed by atoms with Crippen LogP contribution in [0.15, 0.2) is 72.9 Å². The second-order valence-corrected chi connectivity index (χ2v) is 8.83. The highest BCUT2D eigenvalue weighted by molar-refractivity contribution is 5.83. The number of imidazole rings is 1. The van der Waals surface area contributed by atoms with Crippen molar-refractivity contribution in [3.05, 3.63) is 84.1 Å². The van der Waals surface area contributed by atoms with E-state index in [0.717, 1.165) is 54.0 Å². The summed E-state index contributed by atoms with van der Waals surface area (Å²) in [7, 11) is 0. The summed E-state index contributed by atoms with van der Waals surface area (Å²) in [5.41, 5.74) is 4.78. The zero-order valence-corrected chi connectivity index (χ0v) is 19.0. The molecule has 5 nitrogen and oxygen atoms in total. The van der Waals surface area contributed by atoms with Gasteiger partial charge < -0.3 is 10.1 Å². The molecule has 2 aromatic heterocycles. The summed E-state index contributed by atoms with van der Waals surface area (Å²) in [6.07, 6.45) is 7.27. The molecule has 1 fully saturated rings. The fraction of sp³-hybridized carbons (Fsp3) is 0.286. The molecule has 0 saturated heterocycles. The number of aryl methyl sites for hydroxylation is 1. The minimum absolute atomic E-state index is 0.00815. The van der Waals surface area contributed by atoms with Gasteiger partial charge in [-0.15, -0.1) is 0 Å². The average Bonchev–Trinajstić information content (AvgIpc) is 3.21. The van der Waals surface area contributed by atoms with Gasteiger partial charge >= 0.3 is 5.97 Å². The Hall–Kier alpha value is -3.60. The normalized spacial score (nSPS) is 14.3. The van der Waals surface area contributed by atoms with Crippen LogP contribution in [-0.4, -0.2) is 15.4 Å². The second-order valence-electron chi connectivity index (χ2n) is 8.83. The molecule has 0 amide bonds. The first-order valence-electron chi connectivity index (χ1n) is 11.8. The van der Waals surface area contributed by atoms with Crippen LogP contribution >= 0.6 is 0 Å². The molecule has 0 radical (unpaired) electrons. The minimum atomic E-state index is -0.124. The summed E-state index contributed by atoms with van der Waals surface area (Å²) >= 11 is 0. The first kappa shape index (κ1) is 21.3. The van der Waals surface area contributed by atoms with Crippen LogP contribution in [-0.2, 0) is 11.3 Å². The van der Waals surface area contributed by atoms with E-state index in [1.165, 1.54) is 12.0 Å². The molecule has 5 rings (SSSR count). The predicted molar refractivity (Wildman–Crippen MR) is 131 cm³/mol. The van der Waals surface area contributed by atoms with E-state index in [9.17, 15) is 4.79 Å². The van der Waals surface area contributed by atoms with Crippen LogP contribution in [0.3, 0.4) is 0 Å². The Morgan fingerprint density at radius 3 is 2.61 bits per heavy atom. The highest BCUT2D eigenvalue weighted by atomic mass is 16.5. The molecule has 2 heterocycles. The number of anilines is 1. The van der Waals surface area contributed by atoms with Gasteiger partial charge in [0.2, 0.25) is 0 Å². The SMILES string of the molecule is Cc1ccn2c(NCc3ccccc3)c(-c3ccccc3OC(=O)C3CCCCC3)nc2c1. The lowest BCUT2D eigenvalue weighted by molar-refractivity contribution is -0.139. The van der Waals surface area contributed by atoms with E-state index in [-0.39, 0.29) is 11.9 Å². The van der Waals surface area contributed by atoms with Crippen molar-refractivity contribution in [3.63, 3.8) is 0 Å². The fourth-order valence-corrected chi connectivity index (χ4v) is 4.57. The lowest BCUT2D eigenvalue weighted by Gasteiger charge is -2.20. The third kappa shape index (κ3) is 4.63. The molecule has 1 N–H and O–H groups in total. The lowest BCUT2D eigenvalue weighted by Crippen LogP contribution is -2.23. The molecule has 0 unspecified atom stereocenters. The maximum atomic E-state index is 12.9. The lowest BCUT2D eigenvalue weighted by atomic mass is 9.89. The number of nitrogens with zero attached hydrogens (tertiary/aromatic N) is 2. The Bertz CT molecular complexity index is 1260. The van der Waals surface area contributed by atoms with Crippen molar-refractivity contribution >= 4 is 17.4 Å². The van der Waals surface area contributed by atoms with Gasteiger partial charge in [0.15, 0.2) is 0 Å². The van der Waals surface area contributed by atoms with Crippen molar-refractivity contribution in [2.45, 2.75) is 45.6 Å². The second kappa shape index (κ2) is 9.49. The fourth-order valence-electron chi connectivity index (χ4n) is 4.57. The van der Waals surface area contributed by atoms with Crippen molar-refractivity contribution in [3.8, 4) is 17.0 Å². The number of fused-ring (bicyclic) bond motifs is 1. The van der Waals surface area contributed by atoms with E-state index in [0.29, 0.717) is 12.3 Å². The summed E-state index contributed by atoms with van der Waals surface area (Å²) < 4.78 is 8.02. The Morgan fingerprint density at radius 1 is 1.03 bits per heavy atom. The number of esters is 1. The Labute approximate surface area is 194 Å². The number of rotatable bonds is 6. The molecule has 5 heteroatoms. The molecule has 1 saturated carbocycles. The van der Waals surface area contributed by atoms with Crippen LogP contribution in [0.4, 0.5) is 5.82 Å². The number of benzene rings is 2. The van der Waals surface area contributed by atoms with Gasteiger partial charge in [0.05, 0.1) is 5.92 Å². The maximum absolute atomic E-state index is 12.9. The van der Waals surface area contributed by atoms with Crippen molar-refractivity contribution in [1.82, 2.24) is 9.38 Å². The topological polar surface area (TPSA) is 55.6 Å². The summed E-state index contributed by atoms with van der Waals surface area (Å²) in [5, 5.41) is 3.57. The van der Waals surface area contributed by atoms with Crippen LogP contribution in [0.25, 0.3) is 16.9 Å². The smallest absolute Gasteiger partial charge is 0.314 e. The number of carbonyl (C=O) groups excluding carboxylic acids is 1. The summed E-state index contributed by atoms with van der Waals surface area (Å²) in [6, 6.07) is 22.1. The molecule has 4 aromatic rings. The summed E-state index contributed by atoms with van der Waals surface area (Å²) in [4.78, 5) is 17.8. The maximum Gasteiger partial charge on any atom is 0.314 e. The van der Waals surface area contributed by atoms with Gasteiger partial charge in [-0.25, -0.2) is 4.98 Å². The molecule has 33 heavy (non-hydrogen) atoms. The average molecular weight is 440 g/mol. The van der Waals surface area contributed by atoms with E-state index in [1.807, 2.05) is 48.7 Å². The molecule has 0 bridgehead atoms. The van der Waals surface area contributed by atoms with E-state index in [2.05, 4.69) is 40.9 Å². The van der Waals surface area contributed by atoms with Gasteiger partial charge in [0.25, 0.3) is 0 Å². The summed E-state index contributed by atoms with van der Waals surface area (Å²) in [6.45, 7) is 2.73. The third-order valence-corrected chi connectivity index (χ3v) is 6.38. The molecule has 168 valence electrons. The number of aromatic nitrogens is 2. The quantitative estimate of drug-likeness (QED) is 0.279. The Balaban J connectivity index is 1.52. The zero-order valence-electron chi connectivity index (χ0n) is 19.0. The van der Waals surface area contributed by atoms with Crippen molar-refractivity contribution in [2.75, 3.05) is 5.32 Å². The molecule has 0 aliphatic heterocycles. The van der Waals surface area contributed by atoms with Gasteiger partial charge in [-0.05, 0) is 55.2 Å². The van der Waals surface area contributed by atoms with Gasteiger partial charge in [-0.3, -0.25) is 9.20 Å². The zero-order chi connectivity index (χ0) is 22.6. The number of hydrogen-bond donors (Lipinski definition) is 1. The number of carbonyl (C=O) groups is 1. The van der Waals surface area contributed by atoms with E-state index >= 15 is 0 Å². The number of hydrogen-bond acceptors (Lipinski definition) is 4. The van der Waals surface area contributed by atoms with Crippen LogP contribution in [0, 0.1) is 12.8 Å². The molecule has 1 aliphatic carbocycles. The first-order valence-corrected chi connectivity index (χ1v) is 11.8. The Morgan fingerprint density at radius 2 is 1.79 bits per heavy atom. The molecular weight excluding hydrogens is 410 g/mol. The molecule has 1 aliphatic rings. The minimum Gasteiger partial charge on any atom is -0.426 e. The standard InChI is InChI=1S/C28H29N3O2/c1-20-16-17-31-25(18-20)30-26(27(31)29-19-21-10-4-2-5-11-21)23-14-8-9-15-24(23)33-28(32)22-12-6-3-7-13-22/h2,4-5,8-11,14-18,22,29H,3,6-7,12-13,19H2,1H3. The first-order chi connectivity index (χ1) is 16.2. The van der Waals surface area contributed by atoms with Gasteiger partial charge in [-0.1, -0.05) is 61.7 Å². The molecule has 0 spiro atoms. The number of nitrogens with one attached hydrogen (secondary N) is 1. The number of pyridine rings is 1. The van der Waals surface area contributed by atoms with Crippen molar-refractivity contribution < 1.29 is 9.53 Å². The van der Waals surface area contributed by atoms with Crippen LogP contribution in [0.1, 0.15) is 43.2 Å². The third-order valence-electron chi connectivity index (χ3n) is 6.38. The largest absolute Gasteiger partial charge is 0.426 e. The van der Waals surface area contributed by atoms with E-state index in [4.69, 9.17) is 9.72 Å². The molecule has 0 atom stereocenters. The van der Waals surface area contributed by atoms with E-state index < -0.39 is 0 Å². The van der Waals surface area contributed by atoms with Gasteiger partial charge in [0, 0.05) is 18.3 Å². The van der Waals surface area contributed by atoms with Crippen molar-refractivity contribution in [2.24, 2.45) is 5.92 Å². The van der Waals surface area contributed by atoms with Crippen molar-refractivity contribution in [1.29, 1.82) is 0 Å². The van der Waals surface area contributed by atoms with Crippen LogP contribution in [0.2, 0.25) is 0 Å². The number of ether oxygens (including phenoxy) is 1. The highest BCUT2D eigenvalue weighted by Crippen LogP contribution is 2.36. The molecular formula is C28H29N3O2. The van der Waals surface area contributed by atoms with Gasteiger partial charge in [-0.2, -0.15) is 0 Å². The van der Waals surface area contributed by atoms with Crippen LogP contribution in [0.5, 0.6) is 5.75 Å². The number of para-hydroxylation sites is 1. The highest BCUT2D eigenvalue weighted by Gasteiger charge is 2.25. The molecule has 2 aromatic carbocycles. The summed E-state index contributed by atoms with van der Waals surface area (Å²) in [5.74, 6) is 1.32. The van der Waals surface area contributed by atoms with Gasteiger partial charge in [0.1, 0.15) is 22.9 Å². The van der Waals surface area contributed by atoms with Crippen LogP contribution < -0.4 is 10.1 Å². The Kier molecular flexibility index (Phi) is 6.11. The predicted octanol–water partition coefficient (Wildman–Crippen LogP) is 6.41. The monoisotopic (exact) mass is 439 g/mol. The van der Waals surface area contributed by atoms with E-state index in [1.54, 1.807) is 0 Å².